The lowest BCUT2D eigenvalue weighted by atomic mass is 10.1. The Labute approximate surface area is 102 Å². The van der Waals surface area contributed by atoms with E-state index in [1.807, 2.05) is 6.07 Å². The number of anilines is 2. The van der Waals surface area contributed by atoms with E-state index in [1.54, 1.807) is 19.2 Å². The molecule has 1 saturated heterocycles. The highest BCUT2D eigenvalue weighted by atomic mass is 16.1. The Hall–Kier alpha value is -1.71. The van der Waals surface area contributed by atoms with E-state index in [-0.39, 0.29) is 5.91 Å². The minimum atomic E-state index is -0.0564. The van der Waals surface area contributed by atoms with Crippen molar-refractivity contribution in [3.8, 4) is 0 Å². The fourth-order valence-electron chi connectivity index (χ4n) is 2.40. The minimum absolute atomic E-state index is 0.0564. The van der Waals surface area contributed by atoms with Gasteiger partial charge in [-0.1, -0.05) is 0 Å². The summed E-state index contributed by atoms with van der Waals surface area (Å²) in [6, 6.07) is 5.94. The van der Waals surface area contributed by atoms with Gasteiger partial charge in [0.25, 0.3) is 5.91 Å². The predicted molar refractivity (Wildman–Crippen MR) is 70.3 cm³/mol. The maximum absolute atomic E-state index is 11.8. The molecule has 1 aliphatic heterocycles. The minimum Gasteiger partial charge on any atom is -0.399 e. The van der Waals surface area contributed by atoms with Gasteiger partial charge in [-0.3, -0.25) is 4.79 Å². The second-order valence-corrected chi connectivity index (χ2v) is 4.54. The fraction of sp³-hybridized carbons (Fsp3) is 0.462. The summed E-state index contributed by atoms with van der Waals surface area (Å²) in [6.07, 6.45) is 2.34. The second-order valence-electron chi connectivity index (χ2n) is 4.54. The number of nitrogens with two attached hydrogens (primary N) is 1. The smallest absolute Gasteiger partial charge is 0.253 e. The van der Waals surface area contributed by atoms with Gasteiger partial charge in [0.1, 0.15) is 0 Å². The first-order valence-corrected chi connectivity index (χ1v) is 6.01. The number of nitrogens with one attached hydrogen (secondary N) is 1. The van der Waals surface area contributed by atoms with E-state index in [2.05, 4.69) is 17.1 Å². The number of hydrogen-bond donors (Lipinski definition) is 2. The molecule has 1 heterocycles. The number of carbonyl (C=O) groups excluding carboxylic acids is 1. The van der Waals surface area contributed by atoms with Crippen molar-refractivity contribution >= 4 is 17.3 Å². The van der Waals surface area contributed by atoms with Gasteiger partial charge in [0, 0.05) is 25.3 Å². The zero-order chi connectivity index (χ0) is 12.4. The van der Waals surface area contributed by atoms with Crippen LogP contribution in [0.2, 0.25) is 0 Å². The van der Waals surface area contributed by atoms with Gasteiger partial charge < -0.3 is 16.0 Å². The number of benzene rings is 1. The molecule has 1 unspecified atom stereocenters. The summed E-state index contributed by atoms with van der Waals surface area (Å²) >= 11 is 0. The number of nitrogen functional groups attached to an aromatic ring is 1. The molecule has 0 saturated carbocycles. The number of nitrogens with zero attached hydrogens (tertiary/aromatic N) is 1. The first-order chi connectivity index (χ1) is 8.13. The van der Waals surface area contributed by atoms with Crippen molar-refractivity contribution < 1.29 is 4.79 Å². The highest BCUT2D eigenvalue weighted by molar-refractivity contribution is 6.00. The Morgan fingerprint density at radius 3 is 2.88 bits per heavy atom. The topological polar surface area (TPSA) is 58.4 Å². The Morgan fingerprint density at radius 2 is 2.29 bits per heavy atom. The predicted octanol–water partition coefficient (Wildman–Crippen LogP) is 1.62. The van der Waals surface area contributed by atoms with Gasteiger partial charge in [0.15, 0.2) is 0 Å². The lowest BCUT2D eigenvalue weighted by Gasteiger charge is -2.26. The van der Waals surface area contributed by atoms with Crippen LogP contribution in [-0.4, -0.2) is 25.5 Å². The molecule has 1 amide bonds. The Kier molecular flexibility index (Phi) is 3.22. The van der Waals surface area contributed by atoms with E-state index < -0.39 is 0 Å². The van der Waals surface area contributed by atoms with Crippen LogP contribution in [0.25, 0.3) is 0 Å². The fourth-order valence-corrected chi connectivity index (χ4v) is 2.40. The zero-order valence-electron chi connectivity index (χ0n) is 10.4. The van der Waals surface area contributed by atoms with Crippen molar-refractivity contribution in [2.45, 2.75) is 25.8 Å². The van der Waals surface area contributed by atoms with Crippen LogP contribution in [0.4, 0.5) is 11.4 Å². The Balaban J connectivity index is 2.42. The number of hydrogen-bond acceptors (Lipinski definition) is 3. The molecule has 0 aliphatic carbocycles. The summed E-state index contributed by atoms with van der Waals surface area (Å²) in [4.78, 5) is 14.1. The molecule has 92 valence electrons. The summed E-state index contributed by atoms with van der Waals surface area (Å²) in [5.74, 6) is -0.0564. The van der Waals surface area contributed by atoms with Crippen LogP contribution in [0.1, 0.15) is 30.1 Å². The van der Waals surface area contributed by atoms with E-state index >= 15 is 0 Å². The molecule has 0 aromatic heterocycles. The van der Waals surface area contributed by atoms with Crippen molar-refractivity contribution in [2.75, 3.05) is 24.2 Å². The van der Waals surface area contributed by atoms with Crippen LogP contribution in [0.5, 0.6) is 0 Å². The molecular weight excluding hydrogens is 214 g/mol. The molecule has 3 N–H and O–H groups in total. The van der Waals surface area contributed by atoms with Gasteiger partial charge in [0.05, 0.1) is 11.3 Å². The first-order valence-electron chi connectivity index (χ1n) is 6.01. The summed E-state index contributed by atoms with van der Waals surface area (Å²) in [5.41, 5.74) is 8.18. The SMILES string of the molecule is CNC(=O)c1ccc(N)cc1N1CCCC1C. The molecule has 4 nitrogen and oxygen atoms in total. The quantitative estimate of drug-likeness (QED) is 0.763. The molecule has 0 spiro atoms. The highest BCUT2D eigenvalue weighted by Crippen LogP contribution is 2.30. The number of carbonyl (C=O) groups is 1. The average Bonchev–Trinajstić information content (AvgIpc) is 2.74. The van der Waals surface area contributed by atoms with E-state index in [0.29, 0.717) is 17.3 Å². The van der Waals surface area contributed by atoms with E-state index in [4.69, 9.17) is 5.73 Å². The van der Waals surface area contributed by atoms with E-state index in [9.17, 15) is 4.79 Å². The zero-order valence-corrected chi connectivity index (χ0v) is 10.4. The van der Waals surface area contributed by atoms with Crippen molar-refractivity contribution in [1.29, 1.82) is 0 Å². The van der Waals surface area contributed by atoms with Crippen molar-refractivity contribution in [1.82, 2.24) is 5.32 Å². The van der Waals surface area contributed by atoms with Crippen LogP contribution in [0.3, 0.4) is 0 Å². The van der Waals surface area contributed by atoms with Crippen LogP contribution >= 0.6 is 0 Å². The van der Waals surface area contributed by atoms with Gasteiger partial charge in [-0.05, 0) is 38.0 Å². The molecule has 1 fully saturated rings. The van der Waals surface area contributed by atoms with Crippen molar-refractivity contribution in [3.05, 3.63) is 23.8 Å². The monoisotopic (exact) mass is 233 g/mol. The highest BCUT2D eigenvalue weighted by Gasteiger charge is 2.24. The molecule has 1 aromatic rings. The molecular formula is C13H19N3O. The van der Waals surface area contributed by atoms with Crippen LogP contribution in [0.15, 0.2) is 18.2 Å². The van der Waals surface area contributed by atoms with Crippen LogP contribution in [0, 0.1) is 0 Å². The van der Waals surface area contributed by atoms with Gasteiger partial charge in [-0.15, -0.1) is 0 Å². The van der Waals surface area contributed by atoms with Crippen molar-refractivity contribution in [3.63, 3.8) is 0 Å². The first kappa shape index (κ1) is 11.8. The van der Waals surface area contributed by atoms with Gasteiger partial charge in [-0.25, -0.2) is 0 Å². The van der Waals surface area contributed by atoms with E-state index in [0.717, 1.165) is 12.2 Å². The van der Waals surface area contributed by atoms with Crippen LogP contribution < -0.4 is 16.0 Å². The third-order valence-electron chi connectivity index (χ3n) is 3.36. The number of rotatable bonds is 2. The average molecular weight is 233 g/mol. The van der Waals surface area contributed by atoms with Gasteiger partial charge >= 0.3 is 0 Å². The molecule has 1 atom stereocenters. The van der Waals surface area contributed by atoms with Gasteiger partial charge in [-0.2, -0.15) is 0 Å². The summed E-state index contributed by atoms with van der Waals surface area (Å²) in [7, 11) is 1.65. The maximum atomic E-state index is 11.8. The van der Waals surface area contributed by atoms with Gasteiger partial charge in [0.2, 0.25) is 0 Å². The standard InChI is InChI=1S/C13H19N3O/c1-9-4-3-7-16(9)12-8-10(14)5-6-11(12)13(17)15-2/h5-6,8-9H,3-4,7,14H2,1-2H3,(H,15,17). The molecule has 1 aliphatic rings. The molecule has 0 radical (unpaired) electrons. The van der Waals surface area contributed by atoms with Crippen LogP contribution in [-0.2, 0) is 0 Å². The third kappa shape index (κ3) is 2.20. The molecule has 2 rings (SSSR count). The largest absolute Gasteiger partial charge is 0.399 e. The molecule has 0 bridgehead atoms. The Morgan fingerprint density at radius 1 is 1.53 bits per heavy atom. The maximum Gasteiger partial charge on any atom is 0.253 e. The second kappa shape index (κ2) is 4.65. The third-order valence-corrected chi connectivity index (χ3v) is 3.36. The molecule has 1 aromatic carbocycles. The van der Waals surface area contributed by atoms with Crippen molar-refractivity contribution in [2.24, 2.45) is 0 Å². The summed E-state index contributed by atoms with van der Waals surface area (Å²) in [6.45, 7) is 3.18. The van der Waals surface area contributed by atoms with E-state index in [1.165, 1.54) is 12.8 Å². The molecule has 4 heteroatoms. The summed E-state index contributed by atoms with van der Waals surface area (Å²) in [5, 5.41) is 2.67. The Bertz CT molecular complexity index is 431. The normalized spacial score (nSPS) is 19.4. The summed E-state index contributed by atoms with van der Waals surface area (Å²) < 4.78 is 0. The number of amides is 1. The lowest BCUT2D eigenvalue weighted by molar-refractivity contribution is 0.0963. The lowest BCUT2D eigenvalue weighted by Crippen LogP contribution is -2.30. The molecule has 17 heavy (non-hydrogen) atoms.